The number of carbonyl (C=O) groups excluding carboxylic acids is 3. The highest BCUT2D eigenvalue weighted by Crippen LogP contribution is 2.18. The van der Waals surface area contributed by atoms with Gasteiger partial charge in [0.1, 0.15) is 13.2 Å². The zero-order valence-corrected chi connectivity index (χ0v) is 44.6. The SMILES string of the molecule is CCCCCCCCCCCCCCCCCCCC(=O)OC[C@@H](COC(=O)CCCCCCCCCCCCCCCCCCC(C)C)OC(=O)CCCCCCCCCCC(C)C. The molecule has 0 amide bonds. The Kier molecular flexibility index (Phi) is 50.5. The van der Waals surface area contributed by atoms with Crippen molar-refractivity contribution in [1.82, 2.24) is 0 Å². The van der Waals surface area contributed by atoms with E-state index in [1.54, 1.807) is 0 Å². The molecule has 65 heavy (non-hydrogen) atoms. The number of hydrogen-bond acceptors (Lipinski definition) is 6. The van der Waals surface area contributed by atoms with Crippen LogP contribution in [0.1, 0.15) is 330 Å². The lowest BCUT2D eigenvalue weighted by molar-refractivity contribution is -0.167. The van der Waals surface area contributed by atoms with Crippen molar-refractivity contribution in [2.45, 2.75) is 336 Å². The first-order valence-electron chi connectivity index (χ1n) is 29.2. The second-order valence-electron chi connectivity index (χ2n) is 21.2. The van der Waals surface area contributed by atoms with Gasteiger partial charge in [0.15, 0.2) is 6.10 Å². The standard InChI is InChI=1S/C59H114O6/c1-6-7-8-9-10-11-12-13-14-15-19-22-25-28-34-39-44-49-57(60)63-52-56(65-59(62)51-46-41-36-31-30-33-38-43-48-55(4)5)53-64-58(61)50-45-40-35-29-26-23-20-17-16-18-21-24-27-32-37-42-47-54(2)3/h54-56H,6-53H2,1-5H3/t56-/m0/s1. The van der Waals surface area contributed by atoms with E-state index < -0.39 is 6.10 Å². The van der Waals surface area contributed by atoms with Crippen molar-refractivity contribution >= 4 is 17.9 Å². The minimum atomic E-state index is -0.763. The molecule has 0 aromatic rings. The Balaban J connectivity index is 4.23. The van der Waals surface area contributed by atoms with Crippen LogP contribution in [0.3, 0.4) is 0 Å². The third-order valence-electron chi connectivity index (χ3n) is 13.5. The van der Waals surface area contributed by atoms with E-state index in [9.17, 15) is 14.4 Å². The number of rotatable bonds is 53. The van der Waals surface area contributed by atoms with Crippen LogP contribution in [0.25, 0.3) is 0 Å². The number of unbranched alkanes of at least 4 members (excludes halogenated alkanes) is 38. The van der Waals surface area contributed by atoms with Gasteiger partial charge in [-0.3, -0.25) is 14.4 Å². The maximum atomic E-state index is 12.8. The molecular formula is C59H114O6. The fraction of sp³-hybridized carbons (Fsp3) is 0.949. The van der Waals surface area contributed by atoms with E-state index in [1.165, 1.54) is 218 Å². The summed E-state index contributed by atoms with van der Waals surface area (Å²) in [5, 5.41) is 0. The highest BCUT2D eigenvalue weighted by atomic mass is 16.6. The van der Waals surface area contributed by atoms with Crippen LogP contribution < -0.4 is 0 Å². The van der Waals surface area contributed by atoms with Crippen LogP contribution >= 0.6 is 0 Å². The molecule has 0 saturated carbocycles. The Morgan fingerprint density at radius 3 is 0.754 bits per heavy atom. The van der Waals surface area contributed by atoms with E-state index in [1.807, 2.05) is 0 Å². The van der Waals surface area contributed by atoms with E-state index in [2.05, 4.69) is 34.6 Å². The van der Waals surface area contributed by atoms with E-state index in [4.69, 9.17) is 14.2 Å². The lowest BCUT2D eigenvalue weighted by Crippen LogP contribution is -2.30. The Bertz CT molecular complexity index is 993. The van der Waals surface area contributed by atoms with Crippen molar-refractivity contribution in [3.8, 4) is 0 Å². The largest absolute Gasteiger partial charge is 0.462 e. The Hall–Kier alpha value is -1.59. The van der Waals surface area contributed by atoms with Crippen molar-refractivity contribution in [3.63, 3.8) is 0 Å². The van der Waals surface area contributed by atoms with E-state index in [-0.39, 0.29) is 31.1 Å². The smallest absolute Gasteiger partial charge is 0.306 e. The zero-order valence-electron chi connectivity index (χ0n) is 44.6. The lowest BCUT2D eigenvalue weighted by atomic mass is 10.0. The van der Waals surface area contributed by atoms with Gasteiger partial charge in [-0.1, -0.05) is 291 Å². The average molecular weight is 920 g/mol. The van der Waals surface area contributed by atoms with Gasteiger partial charge in [0, 0.05) is 19.3 Å². The molecule has 1 atom stereocenters. The number of esters is 3. The molecule has 6 heteroatoms. The lowest BCUT2D eigenvalue weighted by Gasteiger charge is -2.18. The van der Waals surface area contributed by atoms with Crippen LogP contribution in [0.5, 0.6) is 0 Å². The highest BCUT2D eigenvalue weighted by molar-refractivity contribution is 5.71. The molecule has 0 spiro atoms. The van der Waals surface area contributed by atoms with Gasteiger partial charge in [0.05, 0.1) is 0 Å². The first-order valence-corrected chi connectivity index (χ1v) is 29.2. The molecule has 0 N–H and O–H groups in total. The minimum Gasteiger partial charge on any atom is -0.462 e. The summed E-state index contributed by atoms with van der Waals surface area (Å²) in [6.07, 6.45) is 55.3. The summed E-state index contributed by atoms with van der Waals surface area (Å²) in [4.78, 5) is 38.1. The average Bonchev–Trinajstić information content (AvgIpc) is 3.28. The van der Waals surface area contributed by atoms with Gasteiger partial charge in [-0.15, -0.1) is 0 Å². The van der Waals surface area contributed by atoms with Crippen LogP contribution in [0.4, 0.5) is 0 Å². The molecule has 6 nitrogen and oxygen atoms in total. The molecule has 0 bridgehead atoms. The van der Waals surface area contributed by atoms with E-state index >= 15 is 0 Å². The van der Waals surface area contributed by atoms with Gasteiger partial charge in [-0.05, 0) is 31.1 Å². The topological polar surface area (TPSA) is 78.9 Å². The monoisotopic (exact) mass is 919 g/mol. The summed E-state index contributed by atoms with van der Waals surface area (Å²) in [6, 6.07) is 0. The van der Waals surface area contributed by atoms with Crippen molar-refractivity contribution in [2.75, 3.05) is 13.2 Å². The van der Waals surface area contributed by atoms with Gasteiger partial charge in [-0.2, -0.15) is 0 Å². The fourth-order valence-corrected chi connectivity index (χ4v) is 9.05. The molecule has 0 rings (SSSR count). The van der Waals surface area contributed by atoms with Gasteiger partial charge >= 0.3 is 17.9 Å². The summed E-state index contributed by atoms with van der Waals surface area (Å²) in [5.41, 5.74) is 0. The van der Waals surface area contributed by atoms with Gasteiger partial charge in [0.2, 0.25) is 0 Å². The van der Waals surface area contributed by atoms with E-state index in [0.29, 0.717) is 19.3 Å². The normalized spacial score (nSPS) is 12.0. The van der Waals surface area contributed by atoms with E-state index in [0.717, 1.165) is 69.6 Å². The third kappa shape index (κ3) is 53.2. The van der Waals surface area contributed by atoms with Crippen LogP contribution in [0.15, 0.2) is 0 Å². The molecule has 0 saturated heterocycles. The molecular weight excluding hydrogens is 805 g/mol. The number of hydrogen-bond donors (Lipinski definition) is 0. The van der Waals surface area contributed by atoms with Crippen LogP contribution in [-0.2, 0) is 28.6 Å². The molecule has 0 radical (unpaired) electrons. The minimum absolute atomic E-state index is 0.0632. The van der Waals surface area contributed by atoms with Gasteiger partial charge in [-0.25, -0.2) is 0 Å². The van der Waals surface area contributed by atoms with Crippen molar-refractivity contribution in [3.05, 3.63) is 0 Å². The molecule has 0 aliphatic rings. The van der Waals surface area contributed by atoms with Crippen molar-refractivity contribution in [1.29, 1.82) is 0 Å². The molecule has 0 heterocycles. The first-order chi connectivity index (χ1) is 31.7. The van der Waals surface area contributed by atoms with Crippen LogP contribution in [-0.4, -0.2) is 37.2 Å². The number of ether oxygens (including phenoxy) is 3. The molecule has 0 aromatic carbocycles. The molecule has 0 aromatic heterocycles. The molecule has 0 unspecified atom stereocenters. The maximum Gasteiger partial charge on any atom is 0.306 e. The van der Waals surface area contributed by atoms with Gasteiger partial charge in [0.25, 0.3) is 0 Å². The molecule has 0 fully saturated rings. The van der Waals surface area contributed by atoms with Crippen molar-refractivity contribution < 1.29 is 28.6 Å². The van der Waals surface area contributed by atoms with Crippen LogP contribution in [0, 0.1) is 11.8 Å². The summed E-state index contributed by atoms with van der Waals surface area (Å²) in [7, 11) is 0. The molecule has 0 aliphatic carbocycles. The van der Waals surface area contributed by atoms with Crippen molar-refractivity contribution in [2.24, 2.45) is 11.8 Å². The molecule has 386 valence electrons. The quantitative estimate of drug-likeness (QED) is 0.0344. The summed E-state index contributed by atoms with van der Waals surface area (Å²) in [6.45, 7) is 11.4. The summed E-state index contributed by atoms with van der Waals surface area (Å²) in [5.74, 6) is 0.805. The Labute approximate surface area is 406 Å². The Morgan fingerprint density at radius 2 is 0.508 bits per heavy atom. The second kappa shape index (κ2) is 51.8. The van der Waals surface area contributed by atoms with Gasteiger partial charge < -0.3 is 14.2 Å². The Morgan fingerprint density at radius 1 is 0.292 bits per heavy atom. The third-order valence-corrected chi connectivity index (χ3v) is 13.5. The highest BCUT2D eigenvalue weighted by Gasteiger charge is 2.19. The second-order valence-corrected chi connectivity index (χ2v) is 21.2. The zero-order chi connectivity index (χ0) is 47.5. The predicted octanol–water partition coefficient (Wildman–Crippen LogP) is 19.3. The summed E-state index contributed by atoms with van der Waals surface area (Å²) < 4.78 is 16.9. The summed E-state index contributed by atoms with van der Waals surface area (Å²) >= 11 is 0. The predicted molar refractivity (Wildman–Crippen MR) is 280 cm³/mol. The number of carbonyl (C=O) groups is 3. The first kappa shape index (κ1) is 63.4. The fourth-order valence-electron chi connectivity index (χ4n) is 9.05. The van der Waals surface area contributed by atoms with Crippen LogP contribution in [0.2, 0.25) is 0 Å². The molecule has 0 aliphatic heterocycles. The maximum absolute atomic E-state index is 12.8.